The number of halogens is 2. The van der Waals surface area contributed by atoms with E-state index in [0.717, 1.165) is 36.5 Å². The molecule has 0 spiro atoms. The number of hydrogen-bond acceptors (Lipinski definition) is 4. The van der Waals surface area contributed by atoms with Crippen molar-refractivity contribution in [3.8, 4) is 0 Å². The number of rotatable bonds is 8. The minimum Gasteiger partial charge on any atom is -0.349 e. The first-order valence-corrected chi connectivity index (χ1v) is 13.6. The Kier molecular flexibility index (Phi) is 7.70. The van der Waals surface area contributed by atoms with E-state index in [2.05, 4.69) is 22.3 Å². The first-order valence-electron chi connectivity index (χ1n) is 12.3. The first kappa shape index (κ1) is 24.9. The average molecular weight is 526 g/mol. The average Bonchev–Trinajstić information content (AvgIpc) is 3.59. The molecule has 5 nitrogen and oxygen atoms in total. The summed E-state index contributed by atoms with van der Waals surface area (Å²) in [5.41, 5.74) is 1.08. The van der Waals surface area contributed by atoms with Crippen molar-refractivity contribution in [3.05, 3.63) is 92.9 Å². The number of nitrogens with zero attached hydrogens (tertiary/aromatic N) is 2. The second-order valence-electron chi connectivity index (χ2n) is 9.66. The van der Waals surface area contributed by atoms with Gasteiger partial charge >= 0.3 is 0 Å². The largest absolute Gasteiger partial charge is 0.349 e. The minimum absolute atomic E-state index is 0.0278. The highest BCUT2D eigenvalue weighted by Gasteiger charge is 2.42. The summed E-state index contributed by atoms with van der Waals surface area (Å²) >= 11 is 7.71. The molecule has 2 aliphatic heterocycles. The van der Waals surface area contributed by atoms with Gasteiger partial charge in [-0.1, -0.05) is 54.1 Å². The summed E-state index contributed by atoms with van der Waals surface area (Å²) in [5.74, 6) is -0.132. The molecule has 2 amide bonds. The van der Waals surface area contributed by atoms with E-state index in [1.165, 1.54) is 12.1 Å². The number of benzene rings is 2. The maximum atomic E-state index is 14.2. The summed E-state index contributed by atoms with van der Waals surface area (Å²) in [4.78, 5) is 30.9. The Hall–Kier alpha value is -2.74. The molecule has 2 aliphatic rings. The number of hydrogen-bond donors (Lipinski definition) is 1. The van der Waals surface area contributed by atoms with Crippen LogP contribution in [0.4, 0.5) is 4.39 Å². The van der Waals surface area contributed by atoms with E-state index in [1.54, 1.807) is 22.3 Å². The van der Waals surface area contributed by atoms with Crippen molar-refractivity contribution in [3.63, 3.8) is 0 Å². The number of nitrogens with one attached hydrogen (secondary N) is 1. The van der Waals surface area contributed by atoms with Crippen molar-refractivity contribution >= 4 is 34.8 Å². The van der Waals surface area contributed by atoms with Crippen molar-refractivity contribution in [2.45, 2.75) is 18.9 Å². The van der Waals surface area contributed by atoms with Crippen LogP contribution in [-0.4, -0.2) is 54.3 Å². The first-order chi connectivity index (χ1) is 17.5. The van der Waals surface area contributed by atoms with E-state index in [0.29, 0.717) is 31.3 Å². The molecule has 3 heterocycles. The van der Waals surface area contributed by atoms with Crippen LogP contribution in [0.2, 0.25) is 5.02 Å². The summed E-state index contributed by atoms with van der Waals surface area (Å²) in [6, 6.07) is 18.3. The Morgan fingerprint density at radius 3 is 2.42 bits per heavy atom. The molecule has 2 aromatic carbocycles. The molecule has 5 rings (SSSR count). The fourth-order valence-corrected chi connectivity index (χ4v) is 6.38. The van der Waals surface area contributed by atoms with Crippen LogP contribution in [0.5, 0.6) is 0 Å². The number of fused-ring (bicyclic) bond motifs is 1. The topological polar surface area (TPSA) is 52.7 Å². The van der Waals surface area contributed by atoms with Crippen LogP contribution in [0.1, 0.15) is 33.3 Å². The van der Waals surface area contributed by atoms with Gasteiger partial charge in [-0.3, -0.25) is 9.59 Å². The van der Waals surface area contributed by atoms with Gasteiger partial charge in [-0.2, -0.15) is 0 Å². The maximum absolute atomic E-state index is 14.2. The molecule has 2 fully saturated rings. The monoisotopic (exact) mass is 525 g/mol. The number of likely N-dealkylation sites (tertiary alicyclic amines) is 2. The number of carbonyl (C=O) groups is 2. The summed E-state index contributed by atoms with van der Waals surface area (Å²) in [6.07, 6.45) is 1.21. The smallest absolute Gasteiger partial charge is 0.258 e. The van der Waals surface area contributed by atoms with Crippen molar-refractivity contribution in [2.24, 2.45) is 11.8 Å². The zero-order chi connectivity index (χ0) is 25.1. The number of amides is 2. The van der Waals surface area contributed by atoms with Crippen molar-refractivity contribution < 1.29 is 14.0 Å². The van der Waals surface area contributed by atoms with E-state index in [-0.39, 0.29) is 28.4 Å². The molecular weight excluding hydrogens is 497 g/mol. The Bertz CT molecular complexity index is 1170. The SMILES string of the molecule is O=C(Cc1cccs1)NC(CCN1CC2CN(C(=O)c3c(F)cccc3Cl)CC2C1)c1ccccc1. The van der Waals surface area contributed by atoms with Gasteiger partial charge in [0.1, 0.15) is 5.82 Å². The van der Waals surface area contributed by atoms with Crippen LogP contribution in [0.15, 0.2) is 66.0 Å². The molecule has 3 unspecified atom stereocenters. The molecule has 0 bridgehead atoms. The molecule has 8 heteroatoms. The standard InChI is InChI=1S/C28H29ClFN3O2S/c29-23-9-4-10-24(30)27(23)28(35)33-17-20-15-32(16-21(20)18-33)12-11-25(19-6-2-1-3-7-19)31-26(34)14-22-8-5-13-36-22/h1-10,13,20-21,25H,11-12,14-18H2,(H,31,34). The van der Waals surface area contributed by atoms with Gasteiger partial charge in [-0.15, -0.1) is 11.3 Å². The lowest BCUT2D eigenvalue weighted by Crippen LogP contribution is -2.36. The Balaban J connectivity index is 1.16. The fourth-order valence-electron chi connectivity index (χ4n) is 5.43. The predicted octanol–water partition coefficient (Wildman–Crippen LogP) is 5.03. The second kappa shape index (κ2) is 11.1. The Morgan fingerprint density at radius 1 is 1.00 bits per heavy atom. The summed E-state index contributed by atoms with van der Waals surface area (Å²) in [7, 11) is 0. The lowest BCUT2D eigenvalue weighted by Gasteiger charge is -2.25. The highest BCUT2D eigenvalue weighted by molar-refractivity contribution is 7.10. The van der Waals surface area contributed by atoms with E-state index in [4.69, 9.17) is 11.6 Å². The molecular formula is C28H29ClFN3O2S. The molecule has 2 saturated heterocycles. The van der Waals surface area contributed by atoms with E-state index in [1.807, 2.05) is 35.7 Å². The van der Waals surface area contributed by atoms with Crippen molar-refractivity contribution in [2.75, 3.05) is 32.7 Å². The third-order valence-corrected chi connectivity index (χ3v) is 8.40. The molecule has 3 aromatic rings. The van der Waals surface area contributed by atoms with E-state index in [9.17, 15) is 14.0 Å². The molecule has 0 radical (unpaired) electrons. The molecule has 0 aliphatic carbocycles. The summed E-state index contributed by atoms with van der Waals surface area (Å²) in [5, 5.41) is 5.38. The third kappa shape index (κ3) is 5.64. The lowest BCUT2D eigenvalue weighted by atomic mass is 10.0. The zero-order valence-electron chi connectivity index (χ0n) is 19.9. The highest BCUT2D eigenvalue weighted by Crippen LogP contribution is 2.33. The van der Waals surface area contributed by atoms with E-state index < -0.39 is 5.82 Å². The number of carbonyl (C=O) groups excluding carboxylic acids is 2. The molecule has 1 N–H and O–H groups in total. The van der Waals surface area contributed by atoms with E-state index >= 15 is 0 Å². The second-order valence-corrected chi connectivity index (χ2v) is 11.1. The van der Waals surface area contributed by atoms with Gasteiger partial charge in [-0.25, -0.2) is 4.39 Å². The summed E-state index contributed by atoms with van der Waals surface area (Å²) < 4.78 is 14.2. The molecule has 36 heavy (non-hydrogen) atoms. The minimum atomic E-state index is -0.570. The van der Waals surface area contributed by atoms with Crippen LogP contribution in [0.3, 0.4) is 0 Å². The molecule has 0 saturated carbocycles. The van der Waals surface area contributed by atoms with Crippen LogP contribution < -0.4 is 5.32 Å². The van der Waals surface area contributed by atoms with Crippen LogP contribution >= 0.6 is 22.9 Å². The third-order valence-electron chi connectivity index (χ3n) is 7.21. The van der Waals surface area contributed by atoms with Crippen molar-refractivity contribution in [1.82, 2.24) is 15.1 Å². The molecule has 3 atom stereocenters. The van der Waals surface area contributed by atoms with Gasteiger partial charge in [-0.05, 0) is 47.4 Å². The van der Waals surface area contributed by atoms with Gasteiger partial charge in [0.05, 0.1) is 23.0 Å². The van der Waals surface area contributed by atoms with Gasteiger partial charge in [0.15, 0.2) is 0 Å². The maximum Gasteiger partial charge on any atom is 0.258 e. The van der Waals surface area contributed by atoms with Crippen LogP contribution in [-0.2, 0) is 11.2 Å². The van der Waals surface area contributed by atoms with Crippen molar-refractivity contribution in [1.29, 1.82) is 0 Å². The van der Waals surface area contributed by atoms with Gasteiger partial charge in [0.25, 0.3) is 5.91 Å². The van der Waals surface area contributed by atoms with Crippen LogP contribution in [0.25, 0.3) is 0 Å². The van der Waals surface area contributed by atoms with Crippen LogP contribution in [0, 0.1) is 17.7 Å². The molecule has 1 aromatic heterocycles. The molecule has 188 valence electrons. The summed E-state index contributed by atoms with van der Waals surface area (Å²) in [6.45, 7) is 3.88. The van der Waals surface area contributed by atoms with Gasteiger partial charge in [0.2, 0.25) is 5.91 Å². The highest BCUT2D eigenvalue weighted by atomic mass is 35.5. The predicted molar refractivity (Wildman–Crippen MR) is 141 cm³/mol. The quantitative estimate of drug-likeness (QED) is 0.448. The van der Waals surface area contributed by atoms with Gasteiger partial charge < -0.3 is 15.1 Å². The lowest BCUT2D eigenvalue weighted by molar-refractivity contribution is -0.121. The number of thiophene rings is 1. The normalized spacial score (nSPS) is 20.3. The van der Waals surface area contributed by atoms with Gasteiger partial charge in [0, 0.05) is 37.6 Å². The Morgan fingerprint density at radius 2 is 1.75 bits per heavy atom. The fraction of sp³-hybridized carbons (Fsp3) is 0.357. The zero-order valence-corrected chi connectivity index (χ0v) is 21.5. The Labute approximate surface area is 219 Å².